The van der Waals surface area contributed by atoms with Crippen molar-refractivity contribution in [2.75, 3.05) is 35.4 Å². The van der Waals surface area contributed by atoms with Gasteiger partial charge in [0.2, 0.25) is 16.2 Å². The molecule has 1 amide bonds. The third-order valence-corrected chi connectivity index (χ3v) is 9.70. The van der Waals surface area contributed by atoms with Crippen molar-refractivity contribution >= 4 is 62.5 Å². The SMILES string of the molecule is CC(=O)OCC(C(=O)Nc1nnc(CCSCCc2nnc(NC(O)C(COC(C)=O)C3=CC(C)CC=C3)s2)s1)c1ccccc1. The second-order valence-corrected chi connectivity index (χ2v) is 14.0. The van der Waals surface area contributed by atoms with Gasteiger partial charge in [-0.2, -0.15) is 11.8 Å². The summed E-state index contributed by atoms with van der Waals surface area (Å²) >= 11 is 4.44. The molecule has 0 saturated carbocycles. The normalized spacial score (nSPS) is 16.2. The minimum atomic E-state index is -1.00. The molecule has 3 aromatic rings. The quantitative estimate of drug-likeness (QED) is 0.103. The Kier molecular flexibility index (Phi) is 13.7. The molecular weight excluding hydrogens is 649 g/mol. The molecular formula is C31H38N6O6S3. The molecule has 3 N–H and O–H groups in total. The summed E-state index contributed by atoms with van der Waals surface area (Å²) in [7, 11) is 0. The highest BCUT2D eigenvalue weighted by Crippen LogP contribution is 2.28. The first-order chi connectivity index (χ1) is 22.2. The lowest BCUT2D eigenvalue weighted by Crippen LogP contribution is -2.34. The number of rotatable bonds is 17. The minimum Gasteiger partial charge on any atom is -0.465 e. The molecule has 2 aromatic heterocycles. The van der Waals surface area contributed by atoms with Crippen LogP contribution in [0.15, 0.2) is 54.1 Å². The Morgan fingerprint density at radius 3 is 2.24 bits per heavy atom. The molecule has 0 spiro atoms. The van der Waals surface area contributed by atoms with E-state index in [1.54, 1.807) is 11.8 Å². The maximum atomic E-state index is 13.0. The highest BCUT2D eigenvalue weighted by atomic mass is 32.2. The van der Waals surface area contributed by atoms with Crippen molar-refractivity contribution in [3.05, 3.63) is 69.7 Å². The summed E-state index contributed by atoms with van der Waals surface area (Å²) < 4.78 is 10.4. The molecule has 46 heavy (non-hydrogen) atoms. The fraction of sp³-hybridized carbons (Fsp3) is 0.452. The van der Waals surface area contributed by atoms with Gasteiger partial charge in [0.15, 0.2) is 0 Å². The third kappa shape index (κ3) is 11.3. The number of amides is 1. The number of carbonyl (C=O) groups excluding carboxylic acids is 3. The Morgan fingerprint density at radius 1 is 0.957 bits per heavy atom. The van der Waals surface area contributed by atoms with Crippen molar-refractivity contribution in [1.29, 1.82) is 0 Å². The van der Waals surface area contributed by atoms with Gasteiger partial charge in [-0.25, -0.2) is 0 Å². The van der Waals surface area contributed by atoms with E-state index < -0.39 is 30.0 Å². The molecule has 2 heterocycles. The molecule has 4 rings (SSSR count). The molecule has 12 nitrogen and oxygen atoms in total. The van der Waals surface area contributed by atoms with E-state index in [1.165, 1.54) is 36.5 Å². The number of benzene rings is 1. The summed E-state index contributed by atoms with van der Waals surface area (Å²) in [6.45, 7) is 4.76. The van der Waals surface area contributed by atoms with E-state index in [2.05, 4.69) is 50.1 Å². The number of aromatic nitrogens is 4. The predicted molar refractivity (Wildman–Crippen MR) is 180 cm³/mol. The number of thioether (sulfide) groups is 1. The molecule has 1 aromatic carbocycles. The molecule has 1 aliphatic carbocycles. The van der Waals surface area contributed by atoms with E-state index in [-0.39, 0.29) is 19.1 Å². The van der Waals surface area contributed by atoms with Crippen LogP contribution in [0.4, 0.5) is 10.3 Å². The summed E-state index contributed by atoms with van der Waals surface area (Å²) in [5, 5.41) is 36.1. The lowest BCUT2D eigenvalue weighted by Gasteiger charge is -2.26. The zero-order valence-electron chi connectivity index (χ0n) is 25.9. The highest BCUT2D eigenvalue weighted by molar-refractivity contribution is 7.99. The number of hydrogen-bond donors (Lipinski definition) is 3. The average Bonchev–Trinajstić information content (AvgIpc) is 3.66. The van der Waals surface area contributed by atoms with Crippen LogP contribution in [-0.2, 0) is 36.7 Å². The van der Waals surface area contributed by atoms with Crippen molar-refractivity contribution in [2.45, 2.75) is 52.2 Å². The number of hydrogen-bond acceptors (Lipinski definition) is 14. The molecule has 1 aliphatic rings. The van der Waals surface area contributed by atoms with Crippen LogP contribution in [0.2, 0.25) is 0 Å². The number of aliphatic hydroxyl groups is 1. The van der Waals surface area contributed by atoms with E-state index in [0.717, 1.165) is 39.1 Å². The van der Waals surface area contributed by atoms with Gasteiger partial charge in [-0.1, -0.05) is 78.2 Å². The number of esters is 2. The van der Waals surface area contributed by atoms with Gasteiger partial charge in [0, 0.05) is 26.7 Å². The number of aliphatic hydroxyl groups excluding tert-OH is 1. The van der Waals surface area contributed by atoms with Crippen LogP contribution in [0.25, 0.3) is 0 Å². The fourth-order valence-corrected chi connectivity index (χ4v) is 7.21. The summed E-state index contributed by atoms with van der Waals surface area (Å²) in [5.74, 6) is -0.304. The van der Waals surface area contributed by atoms with Crippen LogP contribution in [0.3, 0.4) is 0 Å². The van der Waals surface area contributed by atoms with Crippen LogP contribution < -0.4 is 10.6 Å². The van der Waals surface area contributed by atoms with Crippen molar-refractivity contribution in [3.63, 3.8) is 0 Å². The highest BCUT2D eigenvalue weighted by Gasteiger charge is 2.26. The smallest absolute Gasteiger partial charge is 0.302 e. The van der Waals surface area contributed by atoms with Gasteiger partial charge < -0.3 is 19.9 Å². The number of nitrogens with zero attached hydrogens (tertiary/aromatic N) is 4. The lowest BCUT2D eigenvalue weighted by atomic mass is 9.89. The largest absolute Gasteiger partial charge is 0.465 e. The standard InChI is InChI=1S/C31H38N6O6S3/c1-19-8-7-11-23(16-19)25(18-43-21(3)39)29(41)33-31-37-35-27(46-31)13-15-44-14-12-26-34-36-30(45-26)32-28(40)24(17-42-20(2)38)22-9-5-4-6-10-22/h4-7,9-11,16,19,24-25,29,41H,8,12-15,17-18H2,1-3H3,(H,33,37)(H,32,36,40). The number of ether oxygens (including phenoxy) is 2. The van der Waals surface area contributed by atoms with E-state index >= 15 is 0 Å². The van der Waals surface area contributed by atoms with Gasteiger partial charge >= 0.3 is 11.9 Å². The monoisotopic (exact) mass is 686 g/mol. The first-order valence-corrected chi connectivity index (χ1v) is 17.6. The maximum Gasteiger partial charge on any atom is 0.302 e. The molecule has 0 saturated heterocycles. The van der Waals surface area contributed by atoms with Gasteiger partial charge in [0.25, 0.3) is 0 Å². The first-order valence-electron chi connectivity index (χ1n) is 14.9. The van der Waals surface area contributed by atoms with Crippen LogP contribution in [-0.4, -0.2) is 74.3 Å². The van der Waals surface area contributed by atoms with Crippen molar-refractivity contribution in [1.82, 2.24) is 20.4 Å². The van der Waals surface area contributed by atoms with Gasteiger partial charge in [0.05, 0.1) is 11.8 Å². The van der Waals surface area contributed by atoms with Gasteiger partial charge in [-0.3, -0.25) is 19.7 Å². The lowest BCUT2D eigenvalue weighted by molar-refractivity contribution is -0.143. The van der Waals surface area contributed by atoms with Crippen LogP contribution in [0.5, 0.6) is 0 Å². The van der Waals surface area contributed by atoms with Gasteiger partial charge in [0.1, 0.15) is 29.5 Å². The summed E-state index contributed by atoms with van der Waals surface area (Å²) in [6, 6.07) is 9.14. The molecule has 4 unspecified atom stereocenters. The summed E-state index contributed by atoms with van der Waals surface area (Å²) in [4.78, 5) is 35.8. The maximum absolute atomic E-state index is 13.0. The average molecular weight is 687 g/mol. The molecule has 246 valence electrons. The van der Waals surface area contributed by atoms with Crippen molar-refractivity contribution in [2.24, 2.45) is 11.8 Å². The van der Waals surface area contributed by atoms with Crippen LogP contribution >= 0.6 is 34.4 Å². The van der Waals surface area contributed by atoms with Crippen LogP contribution in [0.1, 0.15) is 48.7 Å². The van der Waals surface area contributed by atoms with Gasteiger partial charge in [-0.15, -0.1) is 20.4 Å². The second-order valence-electron chi connectivity index (χ2n) is 10.6. The van der Waals surface area contributed by atoms with Gasteiger partial charge in [-0.05, 0) is 35.0 Å². The first kappa shape index (κ1) is 35.2. The van der Waals surface area contributed by atoms with E-state index in [9.17, 15) is 19.5 Å². The fourth-order valence-electron chi connectivity index (χ4n) is 4.56. The molecule has 0 aliphatic heterocycles. The van der Waals surface area contributed by atoms with Crippen molar-refractivity contribution < 1.29 is 29.0 Å². The zero-order valence-corrected chi connectivity index (χ0v) is 28.3. The number of nitrogens with one attached hydrogen (secondary N) is 2. The second kappa shape index (κ2) is 17.9. The molecule has 0 bridgehead atoms. The molecule has 0 fully saturated rings. The zero-order chi connectivity index (χ0) is 32.9. The Labute approximate surface area is 280 Å². The molecule has 0 radical (unpaired) electrons. The Morgan fingerprint density at radius 2 is 1.59 bits per heavy atom. The number of anilines is 2. The van der Waals surface area contributed by atoms with E-state index in [4.69, 9.17) is 9.47 Å². The van der Waals surface area contributed by atoms with Crippen LogP contribution in [0, 0.1) is 11.8 Å². The number of aryl methyl sites for hydroxylation is 2. The minimum absolute atomic E-state index is 0.0570. The Hall–Kier alpha value is -3.66. The Bertz CT molecular complexity index is 1510. The third-order valence-electron chi connectivity index (χ3n) is 6.90. The predicted octanol–water partition coefficient (Wildman–Crippen LogP) is 4.63. The molecule has 4 atom stereocenters. The Balaban J connectivity index is 1.20. The number of carbonyl (C=O) groups is 3. The van der Waals surface area contributed by atoms with E-state index in [1.807, 2.05) is 36.4 Å². The summed E-state index contributed by atoms with van der Waals surface area (Å²) in [6.07, 6.45) is 7.45. The van der Waals surface area contributed by atoms with E-state index in [0.29, 0.717) is 29.0 Å². The number of allylic oxidation sites excluding steroid dienone is 3. The topological polar surface area (TPSA) is 166 Å². The van der Waals surface area contributed by atoms with Crippen molar-refractivity contribution in [3.8, 4) is 0 Å². The summed E-state index contributed by atoms with van der Waals surface area (Å²) in [5.41, 5.74) is 1.66. The molecule has 15 heteroatoms.